The van der Waals surface area contributed by atoms with Gasteiger partial charge in [0.1, 0.15) is 0 Å². The quantitative estimate of drug-likeness (QED) is 0.527. The lowest BCUT2D eigenvalue weighted by Gasteiger charge is -2.26. The van der Waals surface area contributed by atoms with E-state index < -0.39 is 0 Å². The van der Waals surface area contributed by atoms with Gasteiger partial charge in [0.25, 0.3) is 0 Å². The Balaban J connectivity index is 2.18. The van der Waals surface area contributed by atoms with Gasteiger partial charge in [0, 0.05) is 12.1 Å². The maximum Gasteiger partial charge on any atom is 0.231 e. The van der Waals surface area contributed by atoms with Crippen LogP contribution >= 0.6 is 0 Å². The molecule has 1 rings (SSSR count). The maximum absolute atomic E-state index is 10.5. The lowest BCUT2D eigenvalue weighted by molar-refractivity contribution is -0.117. The fourth-order valence-electron chi connectivity index (χ4n) is 1.66. The minimum absolute atomic E-state index is 0.275. The van der Waals surface area contributed by atoms with Gasteiger partial charge in [-0.2, -0.15) is 0 Å². The summed E-state index contributed by atoms with van der Waals surface area (Å²) in [4.78, 5) is 10.5. The summed E-state index contributed by atoms with van der Waals surface area (Å²) in [7, 11) is 0. The zero-order valence-electron chi connectivity index (χ0n) is 7.25. The number of nitrogens with one attached hydrogen (secondary N) is 1. The maximum atomic E-state index is 10.5. The van der Waals surface area contributed by atoms with Gasteiger partial charge in [-0.1, -0.05) is 6.42 Å². The van der Waals surface area contributed by atoms with Gasteiger partial charge >= 0.3 is 0 Å². The van der Waals surface area contributed by atoms with Crippen molar-refractivity contribution in [2.75, 3.05) is 6.54 Å². The molecule has 0 aliphatic heterocycles. The molecule has 1 amide bonds. The molecular weight excluding hydrogens is 154 g/mol. The Labute approximate surface area is 72.7 Å². The minimum Gasteiger partial charge on any atom is -0.369 e. The summed E-state index contributed by atoms with van der Waals surface area (Å²) in [6.45, 7) is 0.275. The average molecular weight is 171 g/mol. The number of amides is 1. The van der Waals surface area contributed by atoms with Crippen molar-refractivity contribution in [3.63, 3.8) is 0 Å². The molecule has 0 heterocycles. The molecule has 2 unspecified atom stereocenters. The summed E-state index contributed by atoms with van der Waals surface area (Å²) in [5.74, 6) is -0.297. The first-order valence-electron chi connectivity index (χ1n) is 4.45. The molecule has 0 spiro atoms. The van der Waals surface area contributed by atoms with Crippen LogP contribution in [0.3, 0.4) is 0 Å². The predicted octanol–water partition coefficient (Wildman–Crippen LogP) is -0.669. The molecule has 0 aromatic carbocycles. The van der Waals surface area contributed by atoms with Crippen molar-refractivity contribution in [3.8, 4) is 0 Å². The Kier molecular flexibility index (Phi) is 3.49. The first-order chi connectivity index (χ1) is 5.68. The molecule has 4 nitrogen and oxygen atoms in total. The number of carbonyl (C=O) groups is 1. The highest BCUT2D eigenvalue weighted by Crippen LogP contribution is 2.16. The van der Waals surface area contributed by atoms with Crippen molar-refractivity contribution in [3.05, 3.63) is 0 Å². The van der Waals surface area contributed by atoms with E-state index in [1.54, 1.807) is 0 Å². The van der Waals surface area contributed by atoms with Gasteiger partial charge in [-0.25, -0.2) is 0 Å². The van der Waals surface area contributed by atoms with Crippen molar-refractivity contribution in [1.29, 1.82) is 0 Å². The second-order valence-electron chi connectivity index (χ2n) is 3.47. The zero-order chi connectivity index (χ0) is 8.97. The molecule has 1 fully saturated rings. The minimum atomic E-state index is -0.297. The fraction of sp³-hybridized carbons (Fsp3) is 0.875. The van der Waals surface area contributed by atoms with E-state index >= 15 is 0 Å². The monoisotopic (exact) mass is 171 g/mol. The second-order valence-corrected chi connectivity index (χ2v) is 3.47. The third-order valence-corrected chi connectivity index (χ3v) is 2.28. The van der Waals surface area contributed by atoms with Gasteiger partial charge in [-0.05, 0) is 19.3 Å². The molecule has 1 saturated carbocycles. The van der Waals surface area contributed by atoms with Crippen molar-refractivity contribution >= 4 is 5.91 Å². The molecule has 1 aliphatic rings. The summed E-state index contributed by atoms with van der Waals surface area (Å²) in [5.41, 5.74) is 10.8. The van der Waals surface area contributed by atoms with Gasteiger partial charge < -0.3 is 16.8 Å². The number of hydrogen-bond donors (Lipinski definition) is 3. The molecule has 0 bridgehead atoms. The van der Waals surface area contributed by atoms with Gasteiger partial charge in [0.05, 0.1) is 6.54 Å². The van der Waals surface area contributed by atoms with E-state index in [0.717, 1.165) is 25.7 Å². The third-order valence-electron chi connectivity index (χ3n) is 2.28. The second kappa shape index (κ2) is 4.42. The number of hydrogen-bond acceptors (Lipinski definition) is 3. The van der Waals surface area contributed by atoms with Crippen LogP contribution in [0, 0.1) is 0 Å². The Morgan fingerprint density at radius 2 is 2.25 bits per heavy atom. The molecule has 70 valence electrons. The largest absolute Gasteiger partial charge is 0.369 e. The topological polar surface area (TPSA) is 81.1 Å². The van der Waals surface area contributed by atoms with Crippen molar-refractivity contribution in [2.45, 2.75) is 37.8 Å². The van der Waals surface area contributed by atoms with Crippen molar-refractivity contribution in [2.24, 2.45) is 11.5 Å². The van der Waals surface area contributed by atoms with E-state index in [-0.39, 0.29) is 12.5 Å². The van der Waals surface area contributed by atoms with E-state index in [0.29, 0.717) is 12.1 Å². The molecule has 1 aliphatic carbocycles. The highest BCUT2D eigenvalue weighted by atomic mass is 16.1. The third kappa shape index (κ3) is 3.19. The van der Waals surface area contributed by atoms with Gasteiger partial charge in [-0.3, -0.25) is 4.79 Å². The Morgan fingerprint density at radius 1 is 1.50 bits per heavy atom. The molecule has 4 heteroatoms. The van der Waals surface area contributed by atoms with E-state index in [4.69, 9.17) is 11.5 Å². The summed E-state index contributed by atoms with van der Waals surface area (Å²) < 4.78 is 0. The number of nitrogens with two attached hydrogens (primary N) is 2. The molecule has 0 aromatic rings. The molecular formula is C8H17N3O. The smallest absolute Gasteiger partial charge is 0.231 e. The van der Waals surface area contributed by atoms with E-state index in [1.165, 1.54) is 0 Å². The van der Waals surface area contributed by atoms with Gasteiger partial charge in [-0.15, -0.1) is 0 Å². The van der Waals surface area contributed by atoms with E-state index in [2.05, 4.69) is 5.32 Å². The van der Waals surface area contributed by atoms with Crippen LogP contribution in [0.5, 0.6) is 0 Å². The highest BCUT2D eigenvalue weighted by molar-refractivity contribution is 5.75. The van der Waals surface area contributed by atoms with Gasteiger partial charge in [0.2, 0.25) is 5.91 Å². The van der Waals surface area contributed by atoms with E-state index in [9.17, 15) is 4.79 Å². The lowest BCUT2D eigenvalue weighted by atomic mass is 9.92. The summed E-state index contributed by atoms with van der Waals surface area (Å²) in [5, 5.41) is 3.10. The standard InChI is InChI=1S/C8H17N3O/c9-6-2-1-3-7(4-6)11-5-8(10)12/h6-7,11H,1-5,9H2,(H2,10,12). The SMILES string of the molecule is NC(=O)CNC1CCCC(N)C1. The van der Waals surface area contributed by atoms with Gasteiger partial charge in [0.15, 0.2) is 0 Å². The first kappa shape index (κ1) is 9.48. The van der Waals surface area contributed by atoms with E-state index in [1.807, 2.05) is 0 Å². The Morgan fingerprint density at radius 3 is 2.83 bits per heavy atom. The van der Waals surface area contributed by atoms with Crippen molar-refractivity contribution in [1.82, 2.24) is 5.32 Å². The predicted molar refractivity (Wildman–Crippen MR) is 47.4 cm³/mol. The van der Waals surface area contributed by atoms with Crippen molar-refractivity contribution < 1.29 is 4.79 Å². The van der Waals surface area contributed by atoms with Crippen LogP contribution in [0.15, 0.2) is 0 Å². The Bertz CT molecular complexity index is 160. The zero-order valence-corrected chi connectivity index (χ0v) is 7.25. The van der Waals surface area contributed by atoms with Crippen LogP contribution in [-0.4, -0.2) is 24.5 Å². The number of carbonyl (C=O) groups excluding carboxylic acids is 1. The van der Waals surface area contributed by atoms with Crippen LogP contribution in [0.25, 0.3) is 0 Å². The summed E-state index contributed by atoms with van der Waals surface area (Å²) in [6, 6.07) is 0.686. The van der Waals surface area contributed by atoms with Crippen LogP contribution in [0.2, 0.25) is 0 Å². The average Bonchev–Trinajstić information content (AvgIpc) is 2.01. The molecule has 0 aromatic heterocycles. The van der Waals surface area contributed by atoms with Crippen LogP contribution in [0.1, 0.15) is 25.7 Å². The lowest BCUT2D eigenvalue weighted by Crippen LogP contribution is -2.42. The fourth-order valence-corrected chi connectivity index (χ4v) is 1.66. The summed E-state index contributed by atoms with van der Waals surface area (Å²) >= 11 is 0. The Hall–Kier alpha value is -0.610. The molecule has 2 atom stereocenters. The van der Waals surface area contributed by atoms with Crippen LogP contribution in [-0.2, 0) is 4.79 Å². The number of primary amides is 1. The molecule has 12 heavy (non-hydrogen) atoms. The highest BCUT2D eigenvalue weighted by Gasteiger charge is 2.18. The molecule has 0 saturated heterocycles. The normalized spacial score (nSPS) is 30.1. The first-order valence-corrected chi connectivity index (χ1v) is 4.45. The number of rotatable bonds is 3. The molecule has 0 radical (unpaired) electrons. The van der Waals surface area contributed by atoms with Crippen LogP contribution in [0.4, 0.5) is 0 Å². The molecule has 5 N–H and O–H groups in total. The summed E-state index contributed by atoms with van der Waals surface area (Å²) in [6.07, 6.45) is 4.33. The van der Waals surface area contributed by atoms with Crippen LogP contribution < -0.4 is 16.8 Å².